The number of benzene rings is 6. The number of hydrogen-bond acceptors (Lipinski definition) is 16. The molecule has 0 fully saturated rings. The number of ketones is 6. The molecule has 22 nitrogen and oxygen atoms in total. The van der Waals surface area contributed by atoms with Crippen LogP contribution in [0, 0.1) is 32.4 Å². The fourth-order valence-corrected chi connectivity index (χ4v) is 13.5. The van der Waals surface area contributed by atoms with E-state index in [4.69, 9.17) is 14.2 Å². The topological polar surface area (TPSA) is 321 Å². The van der Waals surface area contributed by atoms with Gasteiger partial charge in [-0.2, -0.15) is 4.36 Å². The number of carbonyl (C=O) groups excluding carboxylic acids is 9. The number of aryl methyl sites for hydroxylation is 3. The largest absolute Gasteiger partial charge is 0.457 e. The number of aromatic nitrogens is 6. The minimum Gasteiger partial charge on any atom is -0.457 e. The van der Waals surface area contributed by atoms with Crippen molar-refractivity contribution < 1.29 is 70.4 Å². The number of Topliss-reactive ketones (excluding diaryl/α,β-unsaturated/α-hetero) is 6. The lowest BCUT2D eigenvalue weighted by atomic mass is 10.0. The summed E-state index contributed by atoms with van der Waals surface area (Å²) in [5.41, 5.74) is 12.1. The molecule has 0 bridgehead atoms. The highest BCUT2D eigenvalue weighted by Crippen LogP contribution is 2.31. The molecule has 118 heavy (non-hydrogen) atoms. The Morgan fingerprint density at radius 2 is 0.771 bits per heavy atom. The summed E-state index contributed by atoms with van der Waals surface area (Å²) in [5.74, 6) is 1.93. The first-order chi connectivity index (χ1) is 56.6. The molecule has 0 saturated heterocycles. The number of nitrogens with zero attached hydrogens (tertiary/aromatic N) is 4. The number of aromatic amines is 3. The maximum absolute atomic E-state index is 14.0. The fraction of sp³-hybridized carbons (Fsp3) is 0.226. The lowest BCUT2D eigenvalue weighted by Gasteiger charge is -2.08. The number of carbonyl (C=O) groups is 9. The standard InChI is InChI=1S/C32H33N3O5S.C31H30FN3O4.C30H28FN3O4/c1-22-6-4-8-25(16-22)18-27(37)17-24-9-11-28(12-10-24)40-29-13-14-33-31(20-29)30-19-26(21-34-30)32(38)35-41(3,39)15-5-7-23(2)36;1-20-5-10-28(32)23(14-20)16-25(37)15-22-6-8-26(9-7-22)39-27-11-13-33-30(18-27)29-17-24(19-35-29)31(38)34-12-3-4-21(2)36;1-19-3-8-27(31)22(13-19)15-24(36)14-21-4-6-25(7-5-21)38-26-10-12-32-29(17-26)28-16-23(18-34-28)30(37)33-11-9-20(2)35/h4,6,8-14,16,19-21,34H,5,7,15,17-18H2,1-3H3;5-11,13-14,17-19,35H,3-4,12,15-16H2,1-2H3,(H,34,38);3-8,10,12-13,16-18,34H,9,11,14-15H2,1-2H3,(H,33,37). The first kappa shape index (κ1) is 86.8. The van der Waals surface area contributed by atoms with E-state index >= 15 is 0 Å². The maximum atomic E-state index is 14.0. The molecule has 0 spiro atoms. The molecule has 606 valence electrons. The van der Waals surface area contributed by atoms with Gasteiger partial charge in [-0.3, -0.25) is 48.5 Å². The molecule has 6 heterocycles. The van der Waals surface area contributed by atoms with E-state index in [2.05, 4.69) is 44.9 Å². The molecular weight excluding hydrogens is 1520 g/mol. The van der Waals surface area contributed by atoms with E-state index in [1.54, 1.807) is 134 Å². The summed E-state index contributed by atoms with van der Waals surface area (Å²) in [7, 11) is -2.74. The second-order valence-corrected chi connectivity index (χ2v) is 31.3. The summed E-state index contributed by atoms with van der Waals surface area (Å²) < 4.78 is 62.4. The molecule has 5 N–H and O–H groups in total. The van der Waals surface area contributed by atoms with E-state index in [0.717, 1.165) is 38.9 Å². The van der Waals surface area contributed by atoms with Crippen LogP contribution in [0.3, 0.4) is 0 Å². The highest BCUT2D eigenvalue weighted by Gasteiger charge is 2.19. The van der Waals surface area contributed by atoms with Crippen molar-refractivity contribution in [1.29, 1.82) is 0 Å². The molecule has 0 aliphatic rings. The van der Waals surface area contributed by atoms with Crippen LogP contribution in [0.15, 0.2) is 230 Å². The average molecular weight is 1610 g/mol. The van der Waals surface area contributed by atoms with Crippen molar-refractivity contribution in [3.8, 4) is 68.7 Å². The van der Waals surface area contributed by atoms with Gasteiger partial charge in [0.2, 0.25) is 0 Å². The Kier molecular flexibility index (Phi) is 31.0. The van der Waals surface area contributed by atoms with Crippen LogP contribution in [0.4, 0.5) is 8.78 Å². The Balaban J connectivity index is 0.000000187. The van der Waals surface area contributed by atoms with Gasteiger partial charge in [-0.25, -0.2) is 13.0 Å². The first-order valence-corrected chi connectivity index (χ1v) is 40.3. The van der Waals surface area contributed by atoms with Gasteiger partial charge >= 0.3 is 0 Å². The van der Waals surface area contributed by atoms with Crippen LogP contribution < -0.4 is 24.8 Å². The van der Waals surface area contributed by atoms with Gasteiger partial charge in [-0.15, -0.1) is 0 Å². The van der Waals surface area contributed by atoms with Gasteiger partial charge in [0.15, 0.2) is 0 Å². The molecule has 1 atom stereocenters. The van der Waals surface area contributed by atoms with Crippen molar-refractivity contribution in [2.45, 2.75) is 112 Å². The van der Waals surface area contributed by atoms with Crippen molar-refractivity contribution in [3.63, 3.8) is 0 Å². The molecule has 12 aromatic rings. The Morgan fingerprint density at radius 3 is 1.19 bits per heavy atom. The number of ether oxygens (including phenoxy) is 3. The van der Waals surface area contributed by atoms with Crippen LogP contribution in [-0.2, 0) is 77.0 Å². The van der Waals surface area contributed by atoms with Crippen LogP contribution >= 0.6 is 0 Å². The third kappa shape index (κ3) is 27.9. The predicted octanol–water partition coefficient (Wildman–Crippen LogP) is 17.3. The summed E-state index contributed by atoms with van der Waals surface area (Å²) in [5, 5.41) is 5.51. The van der Waals surface area contributed by atoms with Gasteiger partial charge in [-0.05, 0) is 173 Å². The number of pyridine rings is 3. The van der Waals surface area contributed by atoms with Crippen LogP contribution in [-0.4, -0.2) is 112 Å². The molecule has 25 heteroatoms. The molecule has 6 aromatic carbocycles. The highest BCUT2D eigenvalue weighted by atomic mass is 32.2. The first-order valence-electron chi connectivity index (χ1n) is 38.2. The molecule has 12 rings (SSSR count). The molecule has 1 unspecified atom stereocenters. The van der Waals surface area contributed by atoms with Crippen LogP contribution in [0.2, 0.25) is 0 Å². The number of hydrogen-bond donors (Lipinski definition) is 5. The number of halogens is 2. The molecule has 0 saturated carbocycles. The maximum Gasteiger partial charge on any atom is 0.286 e. The van der Waals surface area contributed by atoms with E-state index in [0.29, 0.717) is 136 Å². The van der Waals surface area contributed by atoms with Crippen molar-refractivity contribution in [3.05, 3.63) is 304 Å². The Labute approximate surface area is 683 Å². The highest BCUT2D eigenvalue weighted by molar-refractivity contribution is 7.93. The summed E-state index contributed by atoms with van der Waals surface area (Å²) >= 11 is 0. The molecular formula is C93H91F2N9O13S. The normalized spacial score (nSPS) is 11.3. The number of nitrogens with one attached hydrogen (secondary N) is 5. The van der Waals surface area contributed by atoms with Gasteiger partial charge in [-0.1, -0.05) is 102 Å². The molecule has 6 aromatic heterocycles. The van der Waals surface area contributed by atoms with Gasteiger partial charge < -0.3 is 49.4 Å². The predicted molar refractivity (Wildman–Crippen MR) is 448 cm³/mol. The minimum atomic E-state index is -2.74. The fourth-order valence-electron chi connectivity index (χ4n) is 12.3. The van der Waals surface area contributed by atoms with E-state index in [-0.39, 0.29) is 108 Å². The van der Waals surface area contributed by atoms with Crippen LogP contribution in [0.25, 0.3) is 34.2 Å². The average Bonchev–Trinajstić information content (AvgIpc) is 1.70. The van der Waals surface area contributed by atoms with E-state index in [1.165, 1.54) is 45.4 Å². The summed E-state index contributed by atoms with van der Waals surface area (Å²) in [6.45, 7) is 10.9. The lowest BCUT2D eigenvalue weighted by molar-refractivity contribution is -0.118. The monoisotopic (exact) mass is 1610 g/mol. The molecule has 0 radical (unpaired) electrons. The molecule has 0 aliphatic heterocycles. The summed E-state index contributed by atoms with van der Waals surface area (Å²) in [6, 6.07) is 54.7. The van der Waals surface area contributed by atoms with Gasteiger partial charge in [0, 0.05) is 138 Å². The lowest BCUT2D eigenvalue weighted by Crippen LogP contribution is -2.25. The zero-order valence-electron chi connectivity index (χ0n) is 66.5. The van der Waals surface area contributed by atoms with Gasteiger partial charge in [0.25, 0.3) is 17.7 Å². The van der Waals surface area contributed by atoms with E-state index in [1.807, 2.05) is 93.6 Å². The van der Waals surface area contributed by atoms with E-state index in [9.17, 15) is 56.1 Å². The zero-order valence-corrected chi connectivity index (χ0v) is 67.3. The van der Waals surface area contributed by atoms with Crippen molar-refractivity contribution in [1.82, 2.24) is 40.5 Å². The quantitative estimate of drug-likeness (QED) is 0.0230. The smallest absolute Gasteiger partial charge is 0.286 e. The van der Waals surface area contributed by atoms with Crippen LogP contribution in [0.1, 0.15) is 134 Å². The van der Waals surface area contributed by atoms with Crippen molar-refractivity contribution >= 4 is 62.2 Å². The minimum absolute atomic E-state index is 0.0126. The number of H-pyrrole nitrogens is 3. The van der Waals surface area contributed by atoms with Crippen molar-refractivity contribution in [2.24, 2.45) is 4.36 Å². The SMILES string of the molecule is CC(=O)CCCNC(=O)c1c[nH]c(-c2cc(Oc3ccc(CC(=O)Cc4cc(C)ccc4F)cc3)ccn2)c1.CC(=O)CCCS(C)(=O)=NC(=O)c1c[nH]c(-c2cc(Oc3ccc(CC(=O)Cc4cccc(C)c4)cc3)ccn2)c1.CC(=O)CCNC(=O)c1c[nH]c(-c2cc(Oc3ccc(CC(=O)Cc4cc(C)ccc4F)cc3)ccn2)c1. The summed E-state index contributed by atoms with van der Waals surface area (Å²) in [6.07, 6.45) is 14.2. The third-order valence-corrected chi connectivity index (χ3v) is 19.9. The summed E-state index contributed by atoms with van der Waals surface area (Å²) in [4.78, 5) is 130. The van der Waals surface area contributed by atoms with Gasteiger partial charge in [0.05, 0.1) is 60.6 Å². The molecule has 0 aliphatic carbocycles. The Morgan fingerprint density at radius 1 is 0.398 bits per heavy atom. The zero-order chi connectivity index (χ0) is 84.3. The van der Waals surface area contributed by atoms with E-state index < -0.39 is 15.6 Å². The van der Waals surface area contributed by atoms with Crippen molar-refractivity contribution in [2.75, 3.05) is 25.1 Å². The molecule has 3 amide bonds. The second-order valence-electron chi connectivity index (χ2n) is 28.8. The Bertz CT molecular complexity index is 5730. The Hall–Kier alpha value is -13.6. The number of rotatable bonds is 35. The van der Waals surface area contributed by atoms with Crippen LogP contribution in [0.5, 0.6) is 34.5 Å². The third-order valence-electron chi connectivity index (χ3n) is 18.3. The second kappa shape index (κ2) is 42.2. The van der Waals surface area contributed by atoms with Gasteiger partial charge in [0.1, 0.15) is 80.8 Å². The number of amides is 3.